The van der Waals surface area contributed by atoms with Crippen LogP contribution in [0.1, 0.15) is 0 Å². The number of Topliss-reactive ketones (excluding diaryl/α,β-unsaturated/α-hetero) is 1. The van der Waals surface area contributed by atoms with Gasteiger partial charge in [0.15, 0.2) is 5.78 Å². The molecule has 0 amide bonds. The van der Waals surface area contributed by atoms with Crippen molar-refractivity contribution >= 4 is 11.5 Å². The van der Waals surface area contributed by atoms with Crippen LogP contribution in [0.2, 0.25) is 0 Å². The van der Waals surface area contributed by atoms with Gasteiger partial charge >= 0.3 is 0 Å². The summed E-state index contributed by atoms with van der Waals surface area (Å²) >= 11 is 0. The van der Waals surface area contributed by atoms with Crippen LogP contribution in [0.25, 0.3) is 0 Å². The predicted octanol–water partition coefficient (Wildman–Crippen LogP) is 1.88. The quantitative estimate of drug-likeness (QED) is 0.547. The van der Waals surface area contributed by atoms with Crippen molar-refractivity contribution in [3.8, 4) is 0 Å². The Hall–Kier alpha value is -1.87. The van der Waals surface area contributed by atoms with E-state index in [9.17, 15) is 4.79 Å². The van der Waals surface area contributed by atoms with E-state index >= 15 is 0 Å². The number of nitrogens with two attached hydrogens (primary N) is 1. The summed E-state index contributed by atoms with van der Waals surface area (Å²) in [6, 6.07) is 9.49. The fraction of sp³-hybridized carbons (Fsp3) is 0.214. The second kappa shape index (κ2) is 6.01. The topological polar surface area (TPSA) is 46.3 Å². The fourth-order valence-corrected chi connectivity index (χ4v) is 1.55. The molecule has 0 bridgehead atoms. The maximum atomic E-state index is 11.0. The van der Waals surface area contributed by atoms with E-state index in [4.69, 9.17) is 5.73 Å². The molecule has 1 aromatic rings. The predicted molar refractivity (Wildman–Crippen MR) is 71.6 cm³/mol. The zero-order valence-corrected chi connectivity index (χ0v) is 10.1. The molecule has 0 aromatic heterocycles. The van der Waals surface area contributed by atoms with Gasteiger partial charge in [-0.2, -0.15) is 0 Å². The molecule has 0 saturated carbocycles. The molecule has 0 unspecified atom stereocenters. The molecule has 3 heteroatoms. The van der Waals surface area contributed by atoms with E-state index in [1.807, 2.05) is 42.3 Å². The van der Waals surface area contributed by atoms with E-state index in [1.165, 1.54) is 0 Å². The van der Waals surface area contributed by atoms with Crippen molar-refractivity contribution in [3.63, 3.8) is 0 Å². The van der Waals surface area contributed by atoms with Gasteiger partial charge in [-0.05, 0) is 19.2 Å². The number of ketones is 1. The molecule has 0 radical (unpaired) electrons. The van der Waals surface area contributed by atoms with Crippen LogP contribution >= 0.6 is 0 Å². The first kappa shape index (κ1) is 13.2. The van der Waals surface area contributed by atoms with Gasteiger partial charge in [-0.3, -0.25) is 9.69 Å². The SMILES string of the molecule is C=C1CN(C)CC(=C)C1=O.Nc1ccccc1. The highest BCUT2D eigenvalue weighted by Gasteiger charge is 2.19. The summed E-state index contributed by atoms with van der Waals surface area (Å²) in [5, 5.41) is 0. The Morgan fingerprint density at radius 3 is 1.94 bits per heavy atom. The number of carbonyl (C=O) groups excluding carboxylic acids is 1. The molecule has 1 aliphatic heterocycles. The Morgan fingerprint density at radius 1 is 1.12 bits per heavy atom. The van der Waals surface area contributed by atoms with Gasteiger partial charge in [0.1, 0.15) is 0 Å². The van der Waals surface area contributed by atoms with Crippen molar-refractivity contribution < 1.29 is 4.79 Å². The van der Waals surface area contributed by atoms with Gasteiger partial charge in [0.2, 0.25) is 0 Å². The molecule has 2 rings (SSSR count). The largest absolute Gasteiger partial charge is 0.399 e. The molecule has 90 valence electrons. The molecule has 0 spiro atoms. The third-order valence-electron chi connectivity index (χ3n) is 2.36. The highest BCUT2D eigenvalue weighted by atomic mass is 16.1. The van der Waals surface area contributed by atoms with E-state index in [1.54, 1.807) is 0 Å². The lowest BCUT2D eigenvalue weighted by Gasteiger charge is -2.24. The summed E-state index contributed by atoms with van der Waals surface area (Å²) in [6.07, 6.45) is 0. The average molecular weight is 230 g/mol. The maximum absolute atomic E-state index is 11.0. The van der Waals surface area contributed by atoms with Crippen LogP contribution in [0.15, 0.2) is 54.6 Å². The number of likely N-dealkylation sites (tertiary alicyclic amines) is 1. The summed E-state index contributed by atoms with van der Waals surface area (Å²) in [5.74, 6) is 0.0399. The monoisotopic (exact) mass is 230 g/mol. The van der Waals surface area contributed by atoms with Crippen LogP contribution in [0.5, 0.6) is 0 Å². The van der Waals surface area contributed by atoms with E-state index in [2.05, 4.69) is 13.2 Å². The van der Waals surface area contributed by atoms with Gasteiger partial charge < -0.3 is 5.73 Å². The number of hydrogen-bond acceptors (Lipinski definition) is 3. The molecule has 1 aromatic carbocycles. The molecule has 1 saturated heterocycles. The first-order valence-corrected chi connectivity index (χ1v) is 5.40. The second-order valence-electron chi connectivity index (χ2n) is 4.12. The number of likely N-dealkylation sites (N-methyl/N-ethyl adjacent to an activating group) is 1. The first-order valence-electron chi connectivity index (χ1n) is 5.40. The summed E-state index contributed by atoms with van der Waals surface area (Å²) in [5.41, 5.74) is 7.48. The summed E-state index contributed by atoms with van der Waals surface area (Å²) in [6.45, 7) is 8.64. The molecular formula is C14H18N2O. The molecule has 1 aliphatic rings. The Labute approximate surface area is 102 Å². The smallest absolute Gasteiger partial charge is 0.186 e. The molecule has 17 heavy (non-hydrogen) atoms. The number of nitrogens with zero attached hydrogens (tertiary/aromatic N) is 1. The zero-order valence-electron chi connectivity index (χ0n) is 10.1. The van der Waals surface area contributed by atoms with Crippen LogP contribution in [-0.4, -0.2) is 30.8 Å². The van der Waals surface area contributed by atoms with Crippen molar-refractivity contribution in [2.24, 2.45) is 0 Å². The fourth-order valence-electron chi connectivity index (χ4n) is 1.55. The van der Waals surface area contributed by atoms with Crippen molar-refractivity contribution in [2.45, 2.75) is 0 Å². The zero-order chi connectivity index (χ0) is 12.8. The van der Waals surface area contributed by atoms with Crippen molar-refractivity contribution in [3.05, 3.63) is 54.6 Å². The van der Waals surface area contributed by atoms with Crippen LogP contribution in [-0.2, 0) is 4.79 Å². The van der Waals surface area contributed by atoms with Crippen LogP contribution in [0.4, 0.5) is 5.69 Å². The summed E-state index contributed by atoms with van der Waals surface area (Å²) in [4.78, 5) is 13.1. The van der Waals surface area contributed by atoms with Crippen molar-refractivity contribution in [1.82, 2.24) is 4.90 Å². The normalized spacial score (nSPS) is 16.4. The van der Waals surface area contributed by atoms with Gasteiger partial charge in [0.25, 0.3) is 0 Å². The van der Waals surface area contributed by atoms with Crippen molar-refractivity contribution in [1.29, 1.82) is 0 Å². The average Bonchev–Trinajstić information content (AvgIpc) is 2.27. The van der Waals surface area contributed by atoms with E-state index in [0.717, 1.165) is 5.69 Å². The minimum atomic E-state index is 0.0399. The molecule has 3 nitrogen and oxygen atoms in total. The Kier molecular flexibility index (Phi) is 4.67. The number of rotatable bonds is 0. The standard InChI is InChI=1S/C8H11NO.C6H7N/c1-6-4-9(3)5-7(2)8(6)10;7-6-4-2-1-3-5-6/h1-2,4-5H2,3H3;1-5H,7H2. The lowest BCUT2D eigenvalue weighted by molar-refractivity contribution is -0.113. The number of piperidine rings is 1. The maximum Gasteiger partial charge on any atom is 0.186 e. The van der Waals surface area contributed by atoms with Crippen LogP contribution in [0, 0.1) is 0 Å². The van der Waals surface area contributed by atoms with Crippen molar-refractivity contribution in [2.75, 3.05) is 25.9 Å². The van der Waals surface area contributed by atoms with E-state index in [-0.39, 0.29) is 5.78 Å². The van der Waals surface area contributed by atoms with Crippen LogP contribution < -0.4 is 5.73 Å². The third kappa shape index (κ3) is 4.25. The molecule has 1 fully saturated rings. The molecular weight excluding hydrogens is 212 g/mol. The highest BCUT2D eigenvalue weighted by Crippen LogP contribution is 2.11. The number of benzene rings is 1. The van der Waals surface area contributed by atoms with E-state index < -0.39 is 0 Å². The first-order chi connectivity index (χ1) is 8.00. The number of anilines is 1. The Bertz CT molecular complexity index is 403. The minimum Gasteiger partial charge on any atom is -0.399 e. The number of hydrogen-bond donors (Lipinski definition) is 1. The van der Waals surface area contributed by atoms with Gasteiger partial charge in [-0.25, -0.2) is 0 Å². The summed E-state index contributed by atoms with van der Waals surface area (Å²) < 4.78 is 0. The Balaban J connectivity index is 0.000000181. The third-order valence-corrected chi connectivity index (χ3v) is 2.36. The molecule has 2 N–H and O–H groups in total. The van der Waals surface area contributed by atoms with Gasteiger partial charge in [0, 0.05) is 29.9 Å². The second-order valence-corrected chi connectivity index (χ2v) is 4.12. The molecule has 1 heterocycles. The van der Waals surface area contributed by atoms with E-state index in [0.29, 0.717) is 24.2 Å². The van der Waals surface area contributed by atoms with Gasteiger partial charge in [-0.1, -0.05) is 31.4 Å². The van der Waals surface area contributed by atoms with Gasteiger partial charge in [-0.15, -0.1) is 0 Å². The lowest BCUT2D eigenvalue weighted by atomic mass is 10.0. The highest BCUT2D eigenvalue weighted by molar-refractivity contribution is 6.08. The Morgan fingerprint density at radius 2 is 1.59 bits per heavy atom. The molecule has 0 atom stereocenters. The van der Waals surface area contributed by atoms with Crippen LogP contribution in [0.3, 0.4) is 0 Å². The molecule has 0 aliphatic carbocycles. The van der Waals surface area contributed by atoms with Gasteiger partial charge in [0.05, 0.1) is 0 Å². The summed E-state index contributed by atoms with van der Waals surface area (Å²) in [7, 11) is 1.95. The lowest BCUT2D eigenvalue weighted by Crippen LogP contribution is -2.33. The minimum absolute atomic E-state index is 0.0399. The number of carbonyl (C=O) groups is 1. The number of nitrogen functional groups attached to an aromatic ring is 1. The number of para-hydroxylation sites is 1.